The molecule has 0 aromatic carbocycles. The molecule has 0 spiro atoms. The van der Waals surface area contributed by atoms with E-state index in [-0.39, 0.29) is 22.3 Å². The summed E-state index contributed by atoms with van der Waals surface area (Å²) in [4.78, 5) is 24.5. The Morgan fingerprint density at radius 2 is 1.31 bits per heavy atom. The summed E-state index contributed by atoms with van der Waals surface area (Å²) in [5, 5.41) is 13.4. The molecule has 0 aromatic heterocycles. The molecular weight excluding hydrogens is 248 g/mol. The first-order valence-corrected chi connectivity index (χ1v) is 6.14. The van der Waals surface area contributed by atoms with Crippen LogP contribution >= 0.6 is 23.5 Å². The lowest BCUT2D eigenvalue weighted by Gasteiger charge is -2.29. The highest BCUT2D eigenvalue weighted by molar-refractivity contribution is 8.13. The van der Waals surface area contributed by atoms with Gasteiger partial charge in [0.25, 0.3) is 11.8 Å². The maximum atomic E-state index is 11.5. The minimum absolute atomic E-state index is 0.288. The predicted molar refractivity (Wildman–Crippen MR) is 58.6 cm³/mol. The van der Waals surface area contributed by atoms with Crippen LogP contribution in [0.4, 0.5) is 0 Å². The van der Waals surface area contributed by atoms with Crippen molar-refractivity contribution in [3.8, 4) is 0 Å². The number of amides is 2. The highest BCUT2D eigenvalue weighted by Gasteiger charge is 2.40. The average Bonchev–Trinajstić information content (AvgIpc) is 2.29. The number of nitrogens with zero attached hydrogens (tertiary/aromatic N) is 4. The number of carbonyl (C=O) groups excluding carboxylic acids is 2. The molecule has 3 rings (SSSR count). The van der Waals surface area contributed by atoms with Crippen molar-refractivity contribution in [2.45, 2.75) is 10.5 Å². The molecule has 3 heterocycles. The smallest absolute Gasteiger partial charge is 0.269 e. The van der Waals surface area contributed by atoms with Crippen molar-refractivity contribution in [1.82, 2.24) is 0 Å². The Morgan fingerprint density at radius 1 is 0.875 bits per heavy atom. The van der Waals surface area contributed by atoms with Gasteiger partial charge in [0.2, 0.25) is 0 Å². The van der Waals surface area contributed by atoms with Gasteiger partial charge in [0.1, 0.15) is 10.5 Å². The first-order chi connectivity index (χ1) is 7.75. The fourth-order valence-electron chi connectivity index (χ4n) is 1.44. The second kappa shape index (κ2) is 3.63. The van der Waals surface area contributed by atoms with Crippen LogP contribution in [0.2, 0.25) is 0 Å². The number of carbonyl (C=O) groups is 2. The topological polar surface area (TPSA) is 83.6 Å². The molecule has 1 saturated heterocycles. The number of hydrogen-bond acceptors (Lipinski definition) is 6. The quantitative estimate of drug-likeness (QED) is 0.658. The van der Waals surface area contributed by atoms with Gasteiger partial charge in [0.05, 0.1) is 12.4 Å². The lowest BCUT2D eigenvalue weighted by atomic mass is 10.3. The lowest BCUT2D eigenvalue weighted by molar-refractivity contribution is -0.118. The highest BCUT2D eigenvalue weighted by Crippen LogP contribution is 2.48. The first kappa shape index (κ1) is 9.91. The van der Waals surface area contributed by atoms with Crippen molar-refractivity contribution in [1.29, 1.82) is 0 Å². The van der Waals surface area contributed by atoms with Gasteiger partial charge in [-0.3, -0.25) is 9.59 Å². The second-order valence-corrected chi connectivity index (χ2v) is 5.52. The molecule has 6 nitrogen and oxygen atoms in total. The maximum Gasteiger partial charge on any atom is 0.282 e. The SMILES string of the molecule is O=C1N=NC=C2SC3C(=O)N=NC=C3SC12. The molecule has 0 radical (unpaired) electrons. The third-order valence-corrected chi connectivity index (χ3v) is 5.06. The summed E-state index contributed by atoms with van der Waals surface area (Å²) >= 11 is 2.61. The third kappa shape index (κ3) is 1.45. The van der Waals surface area contributed by atoms with E-state index in [4.69, 9.17) is 0 Å². The van der Waals surface area contributed by atoms with E-state index in [1.54, 1.807) is 0 Å². The number of fused-ring (bicyclic) bond motifs is 2. The molecule has 0 aliphatic carbocycles. The predicted octanol–water partition coefficient (Wildman–Crippen LogP) is 1.87. The van der Waals surface area contributed by atoms with E-state index in [0.29, 0.717) is 0 Å². The Kier molecular flexibility index (Phi) is 2.25. The van der Waals surface area contributed by atoms with Crippen LogP contribution in [0.1, 0.15) is 0 Å². The summed E-state index contributed by atoms with van der Waals surface area (Å²) in [6.45, 7) is 0. The standard InChI is InChI=1S/C8H4N4O2S2/c13-7-5-3(1-9-11-7)15-6-4(16-5)2-10-12-8(6)14/h1-2,5-6H. The summed E-state index contributed by atoms with van der Waals surface area (Å²) in [6.07, 6.45) is 3.05. The molecule has 2 atom stereocenters. The zero-order valence-electron chi connectivity index (χ0n) is 7.73. The minimum Gasteiger partial charge on any atom is -0.269 e. The first-order valence-electron chi connectivity index (χ1n) is 4.38. The molecule has 80 valence electrons. The fraction of sp³-hybridized carbons (Fsp3) is 0.250. The summed E-state index contributed by atoms with van der Waals surface area (Å²) in [5.74, 6) is -0.575. The van der Waals surface area contributed by atoms with Crippen LogP contribution < -0.4 is 0 Å². The van der Waals surface area contributed by atoms with E-state index in [1.165, 1.54) is 35.9 Å². The van der Waals surface area contributed by atoms with Gasteiger partial charge in [0.15, 0.2) is 0 Å². The minimum atomic E-state index is -0.369. The monoisotopic (exact) mass is 252 g/mol. The number of rotatable bonds is 0. The molecule has 2 amide bonds. The van der Waals surface area contributed by atoms with Gasteiger partial charge in [-0.2, -0.15) is 10.2 Å². The van der Waals surface area contributed by atoms with E-state index in [9.17, 15) is 9.59 Å². The molecule has 0 N–H and O–H groups in total. The molecule has 3 aliphatic heterocycles. The Hall–Kier alpha value is -1.28. The van der Waals surface area contributed by atoms with E-state index in [0.717, 1.165) is 9.81 Å². The molecule has 0 saturated carbocycles. The van der Waals surface area contributed by atoms with Crippen molar-refractivity contribution in [2.24, 2.45) is 20.5 Å². The van der Waals surface area contributed by atoms with E-state index in [1.807, 2.05) is 0 Å². The van der Waals surface area contributed by atoms with E-state index in [2.05, 4.69) is 20.5 Å². The van der Waals surface area contributed by atoms with Crippen LogP contribution in [0, 0.1) is 0 Å². The average molecular weight is 252 g/mol. The Morgan fingerprint density at radius 3 is 1.75 bits per heavy atom. The number of azo groups is 2. The Bertz CT molecular complexity index is 462. The van der Waals surface area contributed by atoms with Crippen LogP contribution in [0.25, 0.3) is 0 Å². The van der Waals surface area contributed by atoms with Crippen molar-refractivity contribution in [3.05, 3.63) is 22.2 Å². The van der Waals surface area contributed by atoms with Crippen molar-refractivity contribution in [3.63, 3.8) is 0 Å². The third-order valence-electron chi connectivity index (χ3n) is 2.16. The summed E-state index contributed by atoms with van der Waals surface area (Å²) in [7, 11) is 0. The number of thioether (sulfide) groups is 2. The van der Waals surface area contributed by atoms with Crippen LogP contribution in [0.15, 0.2) is 42.7 Å². The van der Waals surface area contributed by atoms with Crippen molar-refractivity contribution >= 4 is 35.3 Å². The van der Waals surface area contributed by atoms with E-state index < -0.39 is 0 Å². The van der Waals surface area contributed by atoms with Crippen LogP contribution in [0.5, 0.6) is 0 Å². The summed E-state index contributed by atoms with van der Waals surface area (Å²) < 4.78 is 0. The fourth-order valence-corrected chi connectivity index (χ4v) is 3.92. The zero-order chi connectivity index (χ0) is 11.1. The zero-order valence-corrected chi connectivity index (χ0v) is 9.36. The van der Waals surface area contributed by atoms with Crippen molar-refractivity contribution < 1.29 is 9.59 Å². The molecule has 16 heavy (non-hydrogen) atoms. The Labute approximate surface area is 98.4 Å². The van der Waals surface area contributed by atoms with E-state index >= 15 is 0 Å². The molecule has 0 aromatic rings. The van der Waals surface area contributed by atoms with Gasteiger partial charge in [-0.25, -0.2) is 0 Å². The molecular formula is C8H4N4O2S2. The molecule has 8 heteroatoms. The molecule has 3 aliphatic rings. The van der Waals surface area contributed by atoms with Gasteiger partial charge in [-0.05, 0) is 0 Å². The van der Waals surface area contributed by atoms with Crippen LogP contribution in [-0.2, 0) is 9.59 Å². The second-order valence-electron chi connectivity index (χ2n) is 3.17. The maximum absolute atomic E-state index is 11.5. The van der Waals surface area contributed by atoms with Crippen LogP contribution in [-0.4, -0.2) is 22.3 Å². The van der Waals surface area contributed by atoms with Gasteiger partial charge in [0, 0.05) is 9.81 Å². The van der Waals surface area contributed by atoms with Gasteiger partial charge < -0.3 is 0 Å². The molecule has 0 bridgehead atoms. The highest BCUT2D eigenvalue weighted by atomic mass is 32.2. The molecule has 2 unspecified atom stereocenters. The van der Waals surface area contributed by atoms with Crippen LogP contribution in [0.3, 0.4) is 0 Å². The van der Waals surface area contributed by atoms with Gasteiger partial charge in [-0.15, -0.1) is 33.8 Å². The van der Waals surface area contributed by atoms with Gasteiger partial charge >= 0.3 is 0 Å². The lowest BCUT2D eigenvalue weighted by Crippen LogP contribution is -2.30. The largest absolute Gasteiger partial charge is 0.282 e. The summed E-state index contributed by atoms with van der Waals surface area (Å²) in [6, 6.07) is 0. The van der Waals surface area contributed by atoms with Gasteiger partial charge in [-0.1, -0.05) is 0 Å². The normalized spacial score (nSPS) is 31.8. The molecule has 1 fully saturated rings. The Balaban J connectivity index is 1.98. The van der Waals surface area contributed by atoms with Crippen molar-refractivity contribution in [2.75, 3.05) is 0 Å². The summed E-state index contributed by atoms with van der Waals surface area (Å²) in [5.41, 5.74) is 0. The number of hydrogen-bond donors (Lipinski definition) is 0.